The highest BCUT2D eigenvalue weighted by molar-refractivity contribution is 6.09. The topological polar surface area (TPSA) is 106 Å². The molecule has 1 fully saturated rings. The number of hydrogen-bond acceptors (Lipinski definition) is 6. The second kappa shape index (κ2) is 9.31. The van der Waals surface area contributed by atoms with Crippen LogP contribution in [0.4, 0.5) is 13.6 Å². The molecule has 0 spiro atoms. The summed E-state index contributed by atoms with van der Waals surface area (Å²) in [5.74, 6) is -2.31. The van der Waals surface area contributed by atoms with E-state index in [4.69, 9.17) is 14.2 Å². The van der Waals surface area contributed by atoms with Crippen molar-refractivity contribution in [2.45, 2.75) is 19.0 Å². The zero-order valence-electron chi connectivity index (χ0n) is 18.5. The second-order valence-electron chi connectivity index (χ2n) is 7.37. The summed E-state index contributed by atoms with van der Waals surface area (Å²) in [6.07, 6.45) is 0. The van der Waals surface area contributed by atoms with Gasteiger partial charge < -0.3 is 24.8 Å². The van der Waals surface area contributed by atoms with Crippen molar-refractivity contribution in [2.24, 2.45) is 0 Å². The molecule has 176 valence electrons. The van der Waals surface area contributed by atoms with E-state index in [-0.39, 0.29) is 12.1 Å². The summed E-state index contributed by atoms with van der Waals surface area (Å²) in [7, 11) is 4.40. The van der Waals surface area contributed by atoms with E-state index in [0.29, 0.717) is 27.7 Å². The van der Waals surface area contributed by atoms with Gasteiger partial charge in [0.15, 0.2) is 23.1 Å². The number of ether oxygens (including phenoxy) is 3. The van der Waals surface area contributed by atoms with Crippen LogP contribution in [0.15, 0.2) is 30.3 Å². The fraction of sp³-hybridized carbons (Fsp3) is 0.318. The van der Waals surface area contributed by atoms with Gasteiger partial charge in [-0.15, -0.1) is 0 Å². The fourth-order valence-corrected chi connectivity index (χ4v) is 3.47. The Balaban J connectivity index is 1.71. The summed E-state index contributed by atoms with van der Waals surface area (Å²) in [5.41, 5.74) is -1.01. The molecule has 4 amide bonds. The highest BCUT2D eigenvalue weighted by Gasteiger charge is 2.49. The average molecular weight is 463 g/mol. The highest BCUT2D eigenvalue weighted by Crippen LogP contribution is 2.34. The molecule has 2 N–H and O–H groups in total. The molecule has 1 heterocycles. The number of nitrogens with one attached hydrogen (secondary N) is 2. The number of methoxy groups -OCH3 is 3. The van der Waals surface area contributed by atoms with Gasteiger partial charge in [0.05, 0.1) is 21.3 Å². The number of rotatable bonds is 8. The van der Waals surface area contributed by atoms with Crippen LogP contribution < -0.4 is 24.8 Å². The van der Waals surface area contributed by atoms with Crippen molar-refractivity contribution in [3.63, 3.8) is 0 Å². The number of urea groups is 1. The SMILES string of the molecule is COc1cc(OC)c(OC)cc1CNC(=O)CN1C(=O)NC(C)(c2ccc(F)c(F)c2)C1=O. The molecule has 0 saturated carbocycles. The first-order valence-corrected chi connectivity index (χ1v) is 9.79. The van der Waals surface area contributed by atoms with Crippen LogP contribution in [0.2, 0.25) is 0 Å². The van der Waals surface area contributed by atoms with Crippen molar-refractivity contribution in [3.8, 4) is 17.2 Å². The molecule has 0 radical (unpaired) electrons. The van der Waals surface area contributed by atoms with Crippen LogP contribution in [0.5, 0.6) is 17.2 Å². The zero-order valence-corrected chi connectivity index (χ0v) is 18.5. The summed E-state index contributed by atoms with van der Waals surface area (Å²) in [6.45, 7) is 0.804. The predicted molar refractivity (Wildman–Crippen MR) is 112 cm³/mol. The second-order valence-corrected chi connectivity index (χ2v) is 7.37. The van der Waals surface area contributed by atoms with E-state index < -0.39 is 41.6 Å². The first-order chi connectivity index (χ1) is 15.6. The van der Waals surface area contributed by atoms with Crippen molar-refractivity contribution in [3.05, 3.63) is 53.1 Å². The van der Waals surface area contributed by atoms with Gasteiger partial charge in [0, 0.05) is 18.2 Å². The smallest absolute Gasteiger partial charge is 0.325 e. The Morgan fingerprint density at radius 1 is 1.00 bits per heavy atom. The lowest BCUT2D eigenvalue weighted by molar-refractivity contribution is -0.134. The van der Waals surface area contributed by atoms with Crippen LogP contribution in [-0.2, 0) is 21.7 Å². The molecule has 11 heteroatoms. The molecule has 9 nitrogen and oxygen atoms in total. The number of imide groups is 1. The molecule has 0 aliphatic carbocycles. The quantitative estimate of drug-likeness (QED) is 0.581. The van der Waals surface area contributed by atoms with Gasteiger partial charge in [-0.25, -0.2) is 13.6 Å². The monoisotopic (exact) mass is 463 g/mol. The Hall–Kier alpha value is -3.89. The van der Waals surface area contributed by atoms with Gasteiger partial charge in [0.1, 0.15) is 17.8 Å². The van der Waals surface area contributed by atoms with E-state index in [1.54, 1.807) is 12.1 Å². The zero-order chi connectivity index (χ0) is 24.3. The summed E-state index contributed by atoms with van der Waals surface area (Å²) in [5, 5.41) is 5.05. The molecule has 2 aromatic rings. The minimum Gasteiger partial charge on any atom is -0.496 e. The van der Waals surface area contributed by atoms with Gasteiger partial charge >= 0.3 is 6.03 Å². The third kappa shape index (κ3) is 4.52. The molecule has 1 aliphatic rings. The average Bonchev–Trinajstić information content (AvgIpc) is 3.02. The van der Waals surface area contributed by atoms with E-state index in [9.17, 15) is 23.2 Å². The minimum atomic E-state index is -1.64. The lowest BCUT2D eigenvalue weighted by Crippen LogP contribution is -2.43. The molecule has 2 aromatic carbocycles. The van der Waals surface area contributed by atoms with Crippen LogP contribution in [0.25, 0.3) is 0 Å². The van der Waals surface area contributed by atoms with Crippen molar-refractivity contribution in [1.29, 1.82) is 0 Å². The van der Waals surface area contributed by atoms with Crippen molar-refractivity contribution in [1.82, 2.24) is 15.5 Å². The van der Waals surface area contributed by atoms with Crippen molar-refractivity contribution >= 4 is 17.8 Å². The maximum atomic E-state index is 13.7. The number of nitrogens with zero attached hydrogens (tertiary/aromatic N) is 1. The van der Waals surface area contributed by atoms with E-state index >= 15 is 0 Å². The molecule has 1 aliphatic heterocycles. The first-order valence-electron chi connectivity index (χ1n) is 9.79. The Kier molecular flexibility index (Phi) is 6.70. The normalized spacial score (nSPS) is 17.6. The van der Waals surface area contributed by atoms with Gasteiger partial charge in [-0.05, 0) is 30.7 Å². The number of hydrogen-bond donors (Lipinski definition) is 2. The summed E-state index contributed by atoms with van der Waals surface area (Å²) < 4.78 is 42.7. The predicted octanol–water partition coefficient (Wildman–Crippen LogP) is 2.07. The molecule has 1 atom stereocenters. The van der Waals surface area contributed by atoms with Gasteiger partial charge in [-0.1, -0.05) is 6.07 Å². The van der Waals surface area contributed by atoms with Gasteiger partial charge in [0.25, 0.3) is 5.91 Å². The van der Waals surface area contributed by atoms with Crippen LogP contribution in [0.1, 0.15) is 18.1 Å². The number of carbonyl (C=O) groups excluding carboxylic acids is 3. The molecule has 0 aromatic heterocycles. The lowest BCUT2D eigenvalue weighted by Gasteiger charge is -2.22. The molecule has 1 unspecified atom stereocenters. The van der Waals surface area contributed by atoms with Crippen LogP contribution in [0, 0.1) is 11.6 Å². The van der Waals surface area contributed by atoms with Crippen LogP contribution in [-0.4, -0.2) is 50.6 Å². The molecule has 3 rings (SSSR count). The molecule has 33 heavy (non-hydrogen) atoms. The standard InChI is InChI=1S/C22H23F2N3O6/c1-22(13-5-6-14(23)15(24)8-13)20(29)27(21(30)26-22)11-19(28)25-10-12-7-17(32-3)18(33-4)9-16(12)31-2/h5-9H,10-11H2,1-4H3,(H,25,28)(H,26,30). The minimum absolute atomic E-state index is 0.0203. The number of amides is 4. The molecule has 0 bridgehead atoms. The van der Waals surface area contributed by atoms with Gasteiger partial charge in [-0.2, -0.15) is 0 Å². The lowest BCUT2D eigenvalue weighted by atomic mass is 9.92. The summed E-state index contributed by atoms with van der Waals surface area (Å²) in [6, 6.07) is 5.30. The fourth-order valence-electron chi connectivity index (χ4n) is 3.47. The Labute approximate surface area is 188 Å². The summed E-state index contributed by atoms with van der Waals surface area (Å²) >= 11 is 0. The number of carbonyl (C=O) groups is 3. The van der Waals surface area contributed by atoms with Gasteiger partial charge in [-0.3, -0.25) is 14.5 Å². The number of benzene rings is 2. The Bertz CT molecular complexity index is 1110. The van der Waals surface area contributed by atoms with Crippen LogP contribution >= 0.6 is 0 Å². The third-order valence-electron chi connectivity index (χ3n) is 5.34. The Morgan fingerprint density at radius 3 is 2.24 bits per heavy atom. The Morgan fingerprint density at radius 2 is 1.64 bits per heavy atom. The van der Waals surface area contributed by atoms with Gasteiger partial charge in [0.2, 0.25) is 5.91 Å². The van der Waals surface area contributed by atoms with Crippen molar-refractivity contribution < 1.29 is 37.4 Å². The van der Waals surface area contributed by atoms with Crippen LogP contribution in [0.3, 0.4) is 0 Å². The summed E-state index contributed by atoms with van der Waals surface area (Å²) in [4.78, 5) is 38.5. The molecular weight excluding hydrogens is 440 g/mol. The third-order valence-corrected chi connectivity index (χ3v) is 5.34. The van der Waals surface area contributed by atoms with E-state index in [0.717, 1.165) is 12.1 Å². The maximum Gasteiger partial charge on any atom is 0.325 e. The molecular formula is C22H23F2N3O6. The maximum absolute atomic E-state index is 13.7. The molecule has 1 saturated heterocycles. The van der Waals surface area contributed by atoms with E-state index in [1.807, 2.05) is 0 Å². The number of halogens is 2. The van der Waals surface area contributed by atoms with E-state index in [1.165, 1.54) is 34.3 Å². The van der Waals surface area contributed by atoms with Crippen molar-refractivity contribution in [2.75, 3.05) is 27.9 Å². The van der Waals surface area contributed by atoms with E-state index in [2.05, 4.69) is 10.6 Å². The highest BCUT2D eigenvalue weighted by atomic mass is 19.2. The largest absolute Gasteiger partial charge is 0.496 e. The first kappa shape index (κ1) is 23.8.